The Bertz CT molecular complexity index is 1160. The van der Waals surface area contributed by atoms with Crippen molar-refractivity contribution < 1.29 is 14.1 Å². The van der Waals surface area contributed by atoms with Gasteiger partial charge in [0.2, 0.25) is 5.82 Å². The van der Waals surface area contributed by atoms with Gasteiger partial charge in [0.15, 0.2) is 0 Å². The second-order valence-electron chi connectivity index (χ2n) is 7.07. The van der Waals surface area contributed by atoms with Gasteiger partial charge in [0, 0.05) is 18.0 Å². The fourth-order valence-corrected chi connectivity index (χ4v) is 4.13. The maximum Gasteiger partial charge on any atom is 0.264 e. The summed E-state index contributed by atoms with van der Waals surface area (Å²) >= 11 is 1.49. The van der Waals surface area contributed by atoms with Crippen molar-refractivity contribution in [3.8, 4) is 28.6 Å². The average Bonchev–Trinajstić information content (AvgIpc) is 3.40. The summed E-state index contributed by atoms with van der Waals surface area (Å²) in [6.07, 6.45) is 3.38. The predicted molar refractivity (Wildman–Crippen MR) is 112 cm³/mol. The molecular weight excluding hydrogens is 400 g/mol. The number of hydrogen-bond donors (Lipinski definition) is 0. The van der Waals surface area contributed by atoms with Crippen LogP contribution < -0.4 is 4.74 Å². The zero-order valence-electron chi connectivity index (χ0n) is 16.2. The van der Waals surface area contributed by atoms with E-state index in [0.29, 0.717) is 24.8 Å². The summed E-state index contributed by atoms with van der Waals surface area (Å²) < 4.78 is 11.3. The van der Waals surface area contributed by atoms with Crippen LogP contribution in [0.2, 0.25) is 0 Å². The number of carbonyl (C=O) groups excluding carboxylic acids is 1. The molecule has 0 radical (unpaired) electrons. The molecule has 1 amide bonds. The van der Waals surface area contributed by atoms with Crippen LogP contribution in [0.5, 0.6) is 5.75 Å². The lowest BCUT2D eigenvalue weighted by molar-refractivity contribution is 0.0181. The van der Waals surface area contributed by atoms with Crippen molar-refractivity contribution in [3.05, 3.63) is 70.7 Å². The van der Waals surface area contributed by atoms with E-state index in [9.17, 15) is 4.79 Å². The van der Waals surface area contributed by atoms with Crippen LogP contribution in [0.25, 0.3) is 22.8 Å². The number of aryl methyl sites for hydroxylation is 1. The first-order chi connectivity index (χ1) is 14.7. The molecule has 0 atom stereocenters. The van der Waals surface area contributed by atoms with Crippen LogP contribution in [0.1, 0.15) is 15.2 Å². The summed E-state index contributed by atoms with van der Waals surface area (Å²) in [5, 5.41) is 5.99. The SMILES string of the molecule is Cc1ccsc1C(=O)N1CC(Oc2ccc(-c3noc(-c4cccnc4)n3)cc2)C1. The van der Waals surface area contributed by atoms with Crippen molar-refractivity contribution in [2.24, 2.45) is 0 Å². The molecule has 0 bridgehead atoms. The lowest BCUT2D eigenvalue weighted by Gasteiger charge is -2.38. The zero-order chi connectivity index (χ0) is 20.5. The summed E-state index contributed by atoms with van der Waals surface area (Å²) in [7, 11) is 0. The van der Waals surface area contributed by atoms with Gasteiger partial charge in [-0.05, 0) is 60.3 Å². The Morgan fingerprint density at radius 1 is 1.17 bits per heavy atom. The molecule has 150 valence electrons. The first-order valence-electron chi connectivity index (χ1n) is 9.52. The highest BCUT2D eigenvalue weighted by molar-refractivity contribution is 7.12. The Kier molecular flexibility index (Phi) is 4.76. The molecule has 30 heavy (non-hydrogen) atoms. The molecule has 1 fully saturated rings. The maximum atomic E-state index is 12.5. The molecule has 1 aromatic carbocycles. The van der Waals surface area contributed by atoms with Crippen molar-refractivity contribution in [3.63, 3.8) is 0 Å². The summed E-state index contributed by atoms with van der Waals surface area (Å²) in [4.78, 5) is 23.6. The monoisotopic (exact) mass is 418 g/mol. The number of aromatic nitrogens is 3. The molecule has 5 rings (SSSR count). The van der Waals surface area contributed by atoms with Crippen molar-refractivity contribution in [2.75, 3.05) is 13.1 Å². The third-order valence-corrected chi connectivity index (χ3v) is 5.95. The number of pyridine rings is 1. The fraction of sp³-hybridized carbons (Fsp3) is 0.182. The topological polar surface area (TPSA) is 81.4 Å². The van der Waals surface area contributed by atoms with Crippen molar-refractivity contribution >= 4 is 17.2 Å². The molecule has 3 aromatic heterocycles. The molecule has 1 aliphatic rings. The van der Waals surface area contributed by atoms with Gasteiger partial charge < -0.3 is 14.2 Å². The van der Waals surface area contributed by atoms with Crippen LogP contribution in [0, 0.1) is 6.92 Å². The molecule has 0 unspecified atom stereocenters. The van der Waals surface area contributed by atoms with E-state index in [2.05, 4.69) is 15.1 Å². The number of amides is 1. The summed E-state index contributed by atoms with van der Waals surface area (Å²) in [5.74, 6) is 1.77. The van der Waals surface area contributed by atoms with E-state index < -0.39 is 0 Å². The van der Waals surface area contributed by atoms with E-state index in [1.807, 2.05) is 59.7 Å². The van der Waals surface area contributed by atoms with Gasteiger partial charge in [-0.1, -0.05) is 5.16 Å². The minimum absolute atomic E-state index is 0.00225. The molecule has 8 heteroatoms. The number of thiophene rings is 1. The van der Waals surface area contributed by atoms with Gasteiger partial charge in [0.1, 0.15) is 11.9 Å². The number of hydrogen-bond acceptors (Lipinski definition) is 7. The molecular formula is C22H18N4O3S. The minimum atomic E-state index is 0.00225. The van der Waals surface area contributed by atoms with E-state index in [1.165, 1.54) is 11.3 Å². The third-order valence-electron chi connectivity index (χ3n) is 4.94. The Balaban J connectivity index is 1.19. The third kappa shape index (κ3) is 3.57. The highest BCUT2D eigenvalue weighted by Crippen LogP contribution is 2.26. The molecule has 4 aromatic rings. The number of benzene rings is 1. The van der Waals surface area contributed by atoms with Crippen molar-refractivity contribution in [1.82, 2.24) is 20.0 Å². The van der Waals surface area contributed by atoms with Crippen LogP contribution in [0.15, 0.2) is 64.8 Å². The van der Waals surface area contributed by atoms with Crippen LogP contribution in [-0.2, 0) is 0 Å². The van der Waals surface area contributed by atoms with Crippen LogP contribution in [-0.4, -0.2) is 45.1 Å². The van der Waals surface area contributed by atoms with Crippen molar-refractivity contribution in [2.45, 2.75) is 13.0 Å². The molecule has 4 heterocycles. The molecule has 1 aliphatic heterocycles. The van der Waals surface area contributed by atoms with Gasteiger partial charge in [-0.2, -0.15) is 4.98 Å². The van der Waals surface area contributed by atoms with Gasteiger partial charge in [0.25, 0.3) is 11.8 Å². The van der Waals surface area contributed by atoms with Crippen LogP contribution in [0.3, 0.4) is 0 Å². The average molecular weight is 418 g/mol. The summed E-state index contributed by atoms with van der Waals surface area (Å²) in [6, 6.07) is 13.2. The smallest absolute Gasteiger partial charge is 0.264 e. The molecule has 0 saturated carbocycles. The lowest BCUT2D eigenvalue weighted by atomic mass is 10.1. The van der Waals surface area contributed by atoms with Gasteiger partial charge >= 0.3 is 0 Å². The number of rotatable bonds is 5. The molecule has 0 spiro atoms. The van der Waals surface area contributed by atoms with Crippen molar-refractivity contribution in [1.29, 1.82) is 0 Å². The standard InChI is InChI=1S/C22H18N4O3S/c1-14-8-10-30-19(14)22(27)26-12-18(13-26)28-17-6-4-15(5-7-17)20-24-21(29-25-20)16-3-2-9-23-11-16/h2-11,18H,12-13H2,1H3. The first kappa shape index (κ1) is 18.5. The number of ether oxygens (including phenoxy) is 1. The summed E-state index contributed by atoms with van der Waals surface area (Å²) in [5.41, 5.74) is 2.64. The maximum absolute atomic E-state index is 12.5. The van der Waals surface area contributed by atoms with E-state index >= 15 is 0 Å². The lowest BCUT2D eigenvalue weighted by Crippen LogP contribution is -2.56. The molecule has 0 N–H and O–H groups in total. The number of carbonyl (C=O) groups is 1. The van der Waals surface area contributed by atoms with Crippen LogP contribution in [0.4, 0.5) is 0 Å². The number of nitrogens with zero attached hydrogens (tertiary/aromatic N) is 4. The Hall–Kier alpha value is -3.52. The quantitative estimate of drug-likeness (QED) is 0.486. The normalized spacial score (nSPS) is 13.8. The molecule has 1 saturated heterocycles. The summed E-state index contributed by atoms with van der Waals surface area (Å²) in [6.45, 7) is 3.15. The number of likely N-dealkylation sites (tertiary alicyclic amines) is 1. The van der Waals surface area contributed by atoms with Crippen LogP contribution >= 0.6 is 11.3 Å². The highest BCUT2D eigenvalue weighted by atomic mass is 32.1. The Morgan fingerprint density at radius 2 is 2.00 bits per heavy atom. The largest absolute Gasteiger partial charge is 0.487 e. The van der Waals surface area contributed by atoms with E-state index in [-0.39, 0.29) is 12.0 Å². The Labute approximate surface area is 177 Å². The van der Waals surface area contributed by atoms with Gasteiger partial charge in [-0.15, -0.1) is 11.3 Å². The van der Waals surface area contributed by atoms with Gasteiger partial charge in [0.05, 0.1) is 23.5 Å². The minimum Gasteiger partial charge on any atom is -0.487 e. The van der Waals surface area contributed by atoms with E-state index in [0.717, 1.165) is 27.3 Å². The van der Waals surface area contributed by atoms with Gasteiger partial charge in [-0.3, -0.25) is 9.78 Å². The van der Waals surface area contributed by atoms with E-state index in [1.54, 1.807) is 12.4 Å². The molecule has 0 aliphatic carbocycles. The first-order valence-corrected chi connectivity index (χ1v) is 10.4. The fourth-order valence-electron chi connectivity index (χ4n) is 3.24. The highest BCUT2D eigenvalue weighted by Gasteiger charge is 2.33. The Morgan fingerprint density at radius 3 is 2.70 bits per heavy atom. The van der Waals surface area contributed by atoms with Gasteiger partial charge in [-0.25, -0.2) is 0 Å². The molecule has 7 nitrogen and oxygen atoms in total. The second kappa shape index (κ2) is 7.72. The second-order valence-corrected chi connectivity index (χ2v) is 7.99. The van der Waals surface area contributed by atoms with E-state index in [4.69, 9.17) is 9.26 Å². The predicted octanol–water partition coefficient (Wildman–Crippen LogP) is 4.07. The zero-order valence-corrected chi connectivity index (χ0v) is 17.0.